The third-order valence-electron chi connectivity index (χ3n) is 15.1. The molecule has 0 heterocycles. The second-order valence-corrected chi connectivity index (χ2v) is 26.4. The number of carbonyl (C=O) groups is 4. The van der Waals surface area contributed by atoms with Gasteiger partial charge >= 0.3 is 39.5 Å². The first-order valence-electron chi connectivity index (χ1n) is 34.3. The number of hydrogen-bond acceptors (Lipinski definition) is 15. The van der Waals surface area contributed by atoms with Gasteiger partial charge in [-0.15, -0.1) is 0 Å². The highest BCUT2D eigenvalue weighted by Gasteiger charge is 2.30. The van der Waals surface area contributed by atoms with E-state index in [9.17, 15) is 43.2 Å². The predicted octanol–water partition coefficient (Wildman–Crippen LogP) is 18.3. The molecule has 0 aliphatic rings. The summed E-state index contributed by atoms with van der Waals surface area (Å²) in [7, 11) is -9.88. The van der Waals surface area contributed by atoms with E-state index in [1.165, 1.54) is 167 Å². The van der Waals surface area contributed by atoms with Crippen LogP contribution in [0, 0.1) is 0 Å². The van der Waals surface area contributed by atoms with E-state index in [-0.39, 0.29) is 25.7 Å². The fraction of sp³-hybridized carbons (Fsp3) is 0.938. The van der Waals surface area contributed by atoms with E-state index in [2.05, 4.69) is 27.7 Å². The summed E-state index contributed by atoms with van der Waals surface area (Å²) < 4.78 is 68.0. The molecule has 0 aromatic heterocycles. The normalized spacial score (nSPS) is 14.1. The van der Waals surface area contributed by atoms with E-state index < -0.39 is 97.5 Å². The Balaban J connectivity index is 5.23. The predicted molar refractivity (Wildman–Crippen MR) is 335 cm³/mol. The van der Waals surface area contributed by atoms with E-state index in [1.807, 2.05) is 0 Å². The minimum Gasteiger partial charge on any atom is -0.462 e. The van der Waals surface area contributed by atoms with Crippen LogP contribution >= 0.6 is 15.6 Å². The summed E-state index contributed by atoms with van der Waals surface area (Å²) in [6.07, 6.45) is 45.6. The zero-order chi connectivity index (χ0) is 61.9. The molecule has 0 aliphatic heterocycles. The van der Waals surface area contributed by atoms with Gasteiger partial charge in [0.15, 0.2) is 12.2 Å². The molecule has 0 rings (SSSR count). The van der Waals surface area contributed by atoms with Gasteiger partial charge in [0, 0.05) is 25.7 Å². The fourth-order valence-electron chi connectivity index (χ4n) is 9.81. The third kappa shape index (κ3) is 59.0. The van der Waals surface area contributed by atoms with E-state index >= 15 is 0 Å². The van der Waals surface area contributed by atoms with Gasteiger partial charge in [-0.25, -0.2) is 9.13 Å². The number of aliphatic hydroxyl groups is 1. The van der Waals surface area contributed by atoms with Gasteiger partial charge in [0.25, 0.3) is 0 Å². The van der Waals surface area contributed by atoms with Crippen LogP contribution < -0.4 is 0 Å². The monoisotopic (exact) mass is 1240 g/mol. The molecule has 0 fully saturated rings. The van der Waals surface area contributed by atoms with Crippen molar-refractivity contribution in [3.05, 3.63) is 0 Å². The van der Waals surface area contributed by atoms with Gasteiger partial charge in [-0.05, 0) is 25.7 Å². The zero-order valence-corrected chi connectivity index (χ0v) is 55.7. The number of rotatable bonds is 66. The van der Waals surface area contributed by atoms with Crippen LogP contribution in [-0.4, -0.2) is 96.7 Å². The average molecular weight is 1240 g/mol. The molecule has 0 aliphatic carbocycles. The van der Waals surface area contributed by atoms with Gasteiger partial charge in [-0.3, -0.25) is 37.3 Å². The lowest BCUT2D eigenvalue weighted by molar-refractivity contribution is -0.161. The van der Waals surface area contributed by atoms with Crippen molar-refractivity contribution in [2.45, 2.75) is 354 Å². The molecule has 0 saturated heterocycles. The number of unbranched alkanes of at least 4 members (excludes halogenated alkanes) is 40. The number of phosphoric ester groups is 2. The van der Waals surface area contributed by atoms with Crippen LogP contribution in [0.25, 0.3) is 0 Å². The van der Waals surface area contributed by atoms with Crippen molar-refractivity contribution in [2.24, 2.45) is 0 Å². The van der Waals surface area contributed by atoms with Crippen molar-refractivity contribution in [2.75, 3.05) is 39.6 Å². The van der Waals surface area contributed by atoms with Gasteiger partial charge in [-0.2, -0.15) is 0 Å². The van der Waals surface area contributed by atoms with Crippen LogP contribution in [0.1, 0.15) is 336 Å². The molecule has 17 nitrogen and oxygen atoms in total. The highest BCUT2D eigenvalue weighted by molar-refractivity contribution is 7.47. The summed E-state index contributed by atoms with van der Waals surface area (Å²) in [4.78, 5) is 72.2. The summed E-state index contributed by atoms with van der Waals surface area (Å²) in [5, 5.41) is 10.5. The van der Waals surface area contributed by atoms with Crippen molar-refractivity contribution in [3.63, 3.8) is 0 Å². The van der Waals surface area contributed by atoms with Gasteiger partial charge in [-0.1, -0.05) is 285 Å². The standard InChI is InChI=1S/C65H126O17P2/c1-5-9-13-17-21-25-28-29-32-36-40-44-48-52-65(70)82-61(56-76-63(68)50-46-42-38-34-30-26-22-18-14-10-6-2)58-80-84(73,74)78-54-59(66)53-77-83(71,72)79-57-60(55-75-62(67)49-45-41-37-33-24-20-16-12-8-4)81-64(69)51-47-43-39-35-31-27-23-19-15-11-7-3/h59-61,66H,5-58H2,1-4H3,(H,71,72)(H,73,74)/t59-,60+,61+/m0/s1. The third-order valence-corrected chi connectivity index (χ3v) is 17.0. The van der Waals surface area contributed by atoms with Crippen LogP contribution in [0.2, 0.25) is 0 Å². The number of esters is 4. The van der Waals surface area contributed by atoms with E-state index in [0.29, 0.717) is 25.7 Å². The Hall–Kier alpha value is -1.94. The molecular formula is C65H126O17P2. The van der Waals surface area contributed by atoms with Crippen molar-refractivity contribution in [3.8, 4) is 0 Å². The van der Waals surface area contributed by atoms with Crippen molar-refractivity contribution >= 4 is 39.5 Å². The van der Waals surface area contributed by atoms with Crippen LogP contribution in [0.15, 0.2) is 0 Å². The minimum absolute atomic E-state index is 0.107. The second-order valence-electron chi connectivity index (χ2n) is 23.5. The van der Waals surface area contributed by atoms with Gasteiger partial charge in [0.05, 0.1) is 26.4 Å². The molecule has 2 unspecified atom stereocenters. The summed E-state index contributed by atoms with van der Waals surface area (Å²) in [5.74, 6) is -2.13. The second kappa shape index (κ2) is 60.0. The maximum atomic E-state index is 13.0. The number of hydrogen-bond donors (Lipinski definition) is 3. The lowest BCUT2D eigenvalue weighted by atomic mass is 10.0. The van der Waals surface area contributed by atoms with E-state index in [4.69, 9.17) is 37.0 Å². The molecule has 0 saturated carbocycles. The highest BCUT2D eigenvalue weighted by atomic mass is 31.2. The van der Waals surface area contributed by atoms with Crippen LogP contribution in [0.5, 0.6) is 0 Å². The van der Waals surface area contributed by atoms with E-state index in [0.717, 1.165) is 89.9 Å². The Morgan fingerprint density at radius 1 is 0.286 bits per heavy atom. The molecular weight excluding hydrogens is 1110 g/mol. The van der Waals surface area contributed by atoms with Crippen molar-refractivity contribution < 1.29 is 80.2 Å². The van der Waals surface area contributed by atoms with Gasteiger partial charge in [0.1, 0.15) is 19.3 Å². The van der Waals surface area contributed by atoms with Gasteiger partial charge in [0.2, 0.25) is 0 Å². The Morgan fingerprint density at radius 2 is 0.476 bits per heavy atom. The molecule has 498 valence electrons. The smallest absolute Gasteiger partial charge is 0.462 e. The maximum Gasteiger partial charge on any atom is 0.472 e. The van der Waals surface area contributed by atoms with Crippen LogP contribution in [-0.2, 0) is 65.4 Å². The molecule has 0 amide bonds. The Labute approximate surface area is 511 Å². The molecule has 19 heteroatoms. The van der Waals surface area contributed by atoms with Crippen molar-refractivity contribution in [1.29, 1.82) is 0 Å². The molecule has 0 spiro atoms. The maximum absolute atomic E-state index is 13.0. The summed E-state index contributed by atoms with van der Waals surface area (Å²) in [5.41, 5.74) is 0. The highest BCUT2D eigenvalue weighted by Crippen LogP contribution is 2.45. The first-order chi connectivity index (χ1) is 40.7. The summed E-state index contributed by atoms with van der Waals surface area (Å²) >= 11 is 0. The number of carbonyl (C=O) groups excluding carboxylic acids is 4. The minimum atomic E-state index is -4.94. The lowest BCUT2D eigenvalue weighted by Gasteiger charge is -2.21. The van der Waals surface area contributed by atoms with Crippen molar-refractivity contribution in [1.82, 2.24) is 0 Å². The zero-order valence-electron chi connectivity index (χ0n) is 53.9. The molecule has 0 aromatic rings. The molecule has 5 atom stereocenters. The molecule has 84 heavy (non-hydrogen) atoms. The first kappa shape index (κ1) is 82.1. The van der Waals surface area contributed by atoms with E-state index in [1.54, 1.807) is 0 Å². The molecule has 3 N–H and O–H groups in total. The first-order valence-corrected chi connectivity index (χ1v) is 37.3. The lowest BCUT2D eigenvalue weighted by Crippen LogP contribution is -2.30. The number of ether oxygens (including phenoxy) is 4. The Morgan fingerprint density at radius 3 is 0.702 bits per heavy atom. The van der Waals surface area contributed by atoms with Gasteiger partial charge < -0.3 is 33.8 Å². The SMILES string of the molecule is CCCCCCCCCCCCCCCC(=O)O[C@H](COC(=O)CCCCCCCCCCCCC)COP(=O)(O)OC[C@@H](O)COP(=O)(O)OC[C@@H](COC(=O)CCCCCCCCCCC)OC(=O)CCCCCCCCCCCCC. The number of aliphatic hydroxyl groups excluding tert-OH is 1. The molecule has 0 bridgehead atoms. The summed E-state index contributed by atoms with van der Waals surface area (Å²) in [6, 6.07) is 0. The van der Waals surface area contributed by atoms with Crippen LogP contribution in [0.3, 0.4) is 0 Å². The van der Waals surface area contributed by atoms with Crippen LogP contribution in [0.4, 0.5) is 0 Å². The average Bonchev–Trinajstić information content (AvgIpc) is 3.59. The largest absolute Gasteiger partial charge is 0.472 e. The Kier molecular flexibility index (Phi) is 58.6. The quantitative estimate of drug-likeness (QED) is 0.0222. The fourth-order valence-corrected chi connectivity index (χ4v) is 11.4. The number of phosphoric acid groups is 2. The topological polar surface area (TPSA) is 237 Å². The Bertz CT molecular complexity index is 1620. The molecule has 0 aromatic carbocycles. The molecule has 0 radical (unpaired) electrons. The summed E-state index contributed by atoms with van der Waals surface area (Å²) in [6.45, 7) is 4.89.